The standard InChI is InChI=1S/C18H14BrClN2O5/c1-25-14-5-11(6-15(26-2)17(14)19)18(24)27-9-16(23)22-12-4-3-10(8-21)13(20)7-12/h3-7H,9H2,1-2H3,(H,22,23). The van der Waals surface area contributed by atoms with Crippen LogP contribution in [0.5, 0.6) is 11.5 Å². The van der Waals surface area contributed by atoms with Crippen LogP contribution in [0.25, 0.3) is 0 Å². The molecule has 27 heavy (non-hydrogen) atoms. The summed E-state index contributed by atoms with van der Waals surface area (Å²) in [5.41, 5.74) is 0.840. The Morgan fingerprint density at radius 3 is 2.33 bits per heavy atom. The van der Waals surface area contributed by atoms with Gasteiger partial charge < -0.3 is 19.5 Å². The second kappa shape index (κ2) is 9.26. The number of rotatable bonds is 6. The Bertz CT molecular complexity index is 901. The molecule has 0 fully saturated rings. The summed E-state index contributed by atoms with van der Waals surface area (Å²) in [7, 11) is 2.90. The number of amides is 1. The topological polar surface area (TPSA) is 97.6 Å². The van der Waals surface area contributed by atoms with Gasteiger partial charge in [-0.05, 0) is 46.3 Å². The van der Waals surface area contributed by atoms with E-state index in [0.29, 0.717) is 27.2 Å². The second-order valence-electron chi connectivity index (χ2n) is 5.13. The quantitative estimate of drug-likeness (QED) is 0.668. The second-order valence-corrected chi connectivity index (χ2v) is 6.33. The number of esters is 1. The van der Waals surface area contributed by atoms with Gasteiger partial charge in [-0.3, -0.25) is 4.79 Å². The zero-order chi connectivity index (χ0) is 20.0. The number of carbonyl (C=O) groups excluding carboxylic acids is 2. The predicted molar refractivity (Wildman–Crippen MR) is 102 cm³/mol. The fraction of sp³-hybridized carbons (Fsp3) is 0.167. The van der Waals surface area contributed by atoms with Crippen molar-refractivity contribution in [3.05, 3.63) is 51.0 Å². The van der Waals surface area contributed by atoms with E-state index in [2.05, 4.69) is 21.2 Å². The average Bonchev–Trinajstić information content (AvgIpc) is 2.66. The molecule has 0 bridgehead atoms. The molecule has 0 saturated heterocycles. The summed E-state index contributed by atoms with van der Waals surface area (Å²) >= 11 is 9.21. The van der Waals surface area contributed by atoms with E-state index in [1.807, 2.05) is 6.07 Å². The molecule has 0 saturated carbocycles. The number of benzene rings is 2. The van der Waals surface area contributed by atoms with Crippen molar-refractivity contribution in [1.82, 2.24) is 0 Å². The van der Waals surface area contributed by atoms with Gasteiger partial charge in [-0.2, -0.15) is 5.26 Å². The molecule has 140 valence electrons. The average molecular weight is 454 g/mol. The molecule has 2 aromatic carbocycles. The molecule has 0 aliphatic heterocycles. The summed E-state index contributed by atoms with van der Waals surface area (Å²) in [6.07, 6.45) is 0. The van der Waals surface area contributed by atoms with Crippen molar-refractivity contribution >= 4 is 45.1 Å². The van der Waals surface area contributed by atoms with Crippen LogP contribution in [0, 0.1) is 11.3 Å². The third kappa shape index (κ3) is 5.12. The van der Waals surface area contributed by atoms with Crippen molar-refractivity contribution < 1.29 is 23.8 Å². The first-order valence-corrected chi connectivity index (χ1v) is 8.64. The first-order valence-electron chi connectivity index (χ1n) is 7.47. The number of ether oxygens (including phenoxy) is 3. The van der Waals surface area contributed by atoms with Gasteiger partial charge in [0, 0.05) is 5.69 Å². The van der Waals surface area contributed by atoms with Crippen LogP contribution in [0.15, 0.2) is 34.8 Å². The maximum atomic E-state index is 12.2. The summed E-state index contributed by atoms with van der Waals surface area (Å²) in [6, 6.07) is 9.28. The monoisotopic (exact) mass is 452 g/mol. The van der Waals surface area contributed by atoms with Crippen molar-refractivity contribution in [2.24, 2.45) is 0 Å². The molecule has 0 atom stereocenters. The number of nitrogens with zero attached hydrogens (tertiary/aromatic N) is 1. The highest BCUT2D eigenvalue weighted by Gasteiger charge is 2.17. The Labute approximate surface area is 168 Å². The largest absolute Gasteiger partial charge is 0.495 e. The Kier molecular flexibility index (Phi) is 7.05. The number of anilines is 1. The van der Waals surface area contributed by atoms with Gasteiger partial charge >= 0.3 is 5.97 Å². The molecule has 2 rings (SSSR count). The van der Waals surface area contributed by atoms with Gasteiger partial charge in [0.1, 0.15) is 22.0 Å². The minimum atomic E-state index is -0.716. The number of halogens is 2. The molecule has 0 aliphatic rings. The van der Waals surface area contributed by atoms with E-state index in [1.165, 1.54) is 44.6 Å². The van der Waals surface area contributed by atoms with Crippen LogP contribution >= 0.6 is 27.5 Å². The van der Waals surface area contributed by atoms with Gasteiger partial charge in [0.25, 0.3) is 5.91 Å². The fourth-order valence-electron chi connectivity index (χ4n) is 2.08. The Morgan fingerprint density at radius 2 is 1.81 bits per heavy atom. The number of methoxy groups -OCH3 is 2. The first-order chi connectivity index (χ1) is 12.9. The fourth-order valence-corrected chi connectivity index (χ4v) is 2.86. The van der Waals surface area contributed by atoms with Gasteiger partial charge in [-0.25, -0.2) is 4.79 Å². The third-order valence-corrected chi connectivity index (χ3v) is 4.48. The van der Waals surface area contributed by atoms with E-state index in [1.54, 1.807) is 0 Å². The summed E-state index contributed by atoms with van der Waals surface area (Å²) in [4.78, 5) is 24.2. The summed E-state index contributed by atoms with van der Waals surface area (Å²) in [5, 5.41) is 11.6. The minimum Gasteiger partial charge on any atom is -0.495 e. The minimum absolute atomic E-state index is 0.168. The molecule has 0 heterocycles. The van der Waals surface area contributed by atoms with Gasteiger partial charge in [0.15, 0.2) is 6.61 Å². The molecule has 0 spiro atoms. The molecule has 7 nitrogen and oxygen atoms in total. The summed E-state index contributed by atoms with van der Waals surface area (Å²) < 4.78 is 15.9. The van der Waals surface area contributed by atoms with Crippen molar-refractivity contribution in [2.75, 3.05) is 26.1 Å². The summed E-state index contributed by atoms with van der Waals surface area (Å²) in [5.74, 6) is -0.497. The van der Waals surface area contributed by atoms with E-state index >= 15 is 0 Å². The molecule has 0 radical (unpaired) electrons. The van der Waals surface area contributed by atoms with Gasteiger partial charge in [0.05, 0.1) is 30.4 Å². The van der Waals surface area contributed by atoms with Crippen LogP contribution < -0.4 is 14.8 Å². The molecule has 2 aromatic rings. The van der Waals surface area contributed by atoms with Crippen LogP contribution in [-0.4, -0.2) is 32.7 Å². The number of carbonyl (C=O) groups is 2. The third-order valence-electron chi connectivity index (χ3n) is 3.39. The van der Waals surface area contributed by atoms with E-state index in [0.717, 1.165) is 0 Å². The number of nitrogens with one attached hydrogen (secondary N) is 1. The van der Waals surface area contributed by atoms with Crippen molar-refractivity contribution in [3.8, 4) is 17.6 Å². The molecular weight excluding hydrogens is 440 g/mol. The highest BCUT2D eigenvalue weighted by molar-refractivity contribution is 9.10. The molecule has 9 heteroatoms. The number of nitriles is 1. The Balaban J connectivity index is 2.02. The number of hydrogen-bond acceptors (Lipinski definition) is 6. The Morgan fingerprint density at radius 1 is 1.19 bits per heavy atom. The van der Waals surface area contributed by atoms with Gasteiger partial charge in [-0.1, -0.05) is 11.6 Å². The maximum Gasteiger partial charge on any atom is 0.338 e. The van der Waals surface area contributed by atoms with Gasteiger partial charge in [0.2, 0.25) is 0 Å². The Hall–Kier alpha value is -2.76. The maximum absolute atomic E-state index is 12.2. The highest BCUT2D eigenvalue weighted by atomic mass is 79.9. The SMILES string of the molecule is COc1cc(C(=O)OCC(=O)Nc2ccc(C#N)c(Cl)c2)cc(OC)c1Br. The van der Waals surface area contributed by atoms with E-state index in [-0.39, 0.29) is 10.6 Å². The molecule has 0 unspecified atom stereocenters. The molecule has 0 aromatic heterocycles. The lowest BCUT2D eigenvalue weighted by atomic mass is 10.2. The van der Waals surface area contributed by atoms with Gasteiger partial charge in [-0.15, -0.1) is 0 Å². The summed E-state index contributed by atoms with van der Waals surface area (Å²) in [6.45, 7) is -0.503. The van der Waals surface area contributed by atoms with Crippen LogP contribution in [-0.2, 0) is 9.53 Å². The van der Waals surface area contributed by atoms with Crippen molar-refractivity contribution in [2.45, 2.75) is 0 Å². The lowest BCUT2D eigenvalue weighted by Gasteiger charge is -2.11. The van der Waals surface area contributed by atoms with Crippen LogP contribution in [0.2, 0.25) is 5.02 Å². The zero-order valence-electron chi connectivity index (χ0n) is 14.3. The lowest BCUT2D eigenvalue weighted by Crippen LogP contribution is -2.21. The van der Waals surface area contributed by atoms with Crippen molar-refractivity contribution in [3.63, 3.8) is 0 Å². The number of hydrogen-bond donors (Lipinski definition) is 1. The lowest BCUT2D eigenvalue weighted by molar-refractivity contribution is -0.119. The molecule has 0 aliphatic carbocycles. The normalized spacial score (nSPS) is 9.89. The van der Waals surface area contributed by atoms with E-state index in [4.69, 9.17) is 31.1 Å². The predicted octanol–water partition coefficient (Wildman–Crippen LogP) is 3.79. The molecular formula is C18H14BrClN2O5. The van der Waals surface area contributed by atoms with Crippen LogP contribution in [0.3, 0.4) is 0 Å². The molecule has 1 N–H and O–H groups in total. The zero-order valence-corrected chi connectivity index (χ0v) is 16.7. The van der Waals surface area contributed by atoms with Crippen molar-refractivity contribution in [1.29, 1.82) is 5.26 Å². The smallest absolute Gasteiger partial charge is 0.338 e. The first kappa shape index (κ1) is 20.6. The van der Waals surface area contributed by atoms with Crippen LogP contribution in [0.4, 0.5) is 5.69 Å². The van der Waals surface area contributed by atoms with E-state index < -0.39 is 18.5 Å². The molecule has 1 amide bonds. The van der Waals surface area contributed by atoms with Crippen LogP contribution in [0.1, 0.15) is 15.9 Å². The highest BCUT2D eigenvalue weighted by Crippen LogP contribution is 2.35. The van der Waals surface area contributed by atoms with E-state index in [9.17, 15) is 9.59 Å².